The third kappa shape index (κ3) is 3.60. The summed E-state index contributed by atoms with van der Waals surface area (Å²) in [6, 6.07) is 8.43. The van der Waals surface area contributed by atoms with Crippen LogP contribution in [0.5, 0.6) is 0 Å². The highest BCUT2D eigenvalue weighted by Crippen LogP contribution is 2.60. The van der Waals surface area contributed by atoms with E-state index in [1.54, 1.807) is 11.8 Å². The van der Waals surface area contributed by atoms with Crippen molar-refractivity contribution in [3.63, 3.8) is 0 Å². The van der Waals surface area contributed by atoms with Crippen molar-refractivity contribution in [1.29, 1.82) is 0 Å². The molecule has 5 atom stereocenters. The second-order valence-corrected chi connectivity index (χ2v) is 9.51. The number of esters is 1. The molecule has 2 N–H and O–H groups in total. The molecule has 1 unspecified atom stereocenters. The second kappa shape index (κ2) is 7.60. The van der Waals surface area contributed by atoms with E-state index in [2.05, 4.69) is 6.58 Å². The maximum atomic E-state index is 12.8. The molecule has 5 nitrogen and oxygen atoms in total. The van der Waals surface area contributed by atoms with Crippen molar-refractivity contribution >= 4 is 29.3 Å². The zero-order chi connectivity index (χ0) is 19.8. The summed E-state index contributed by atoms with van der Waals surface area (Å²) in [5.41, 5.74) is 6.83. The van der Waals surface area contributed by atoms with Gasteiger partial charge in [-0.3, -0.25) is 14.4 Å². The largest absolute Gasteiger partial charge is 0.461 e. The van der Waals surface area contributed by atoms with E-state index < -0.39 is 16.7 Å². The minimum atomic E-state index is -0.731. The van der Waals surface area contributed by atoms with Crippen LogP contribution in [0.2, 0.25) is 0 Å². The highest BCUT2D eigenvalue weighted by atomic mass is 32.2. The predicted molar refractivity (Wildman–Crippen MR) is 105 cm³/mol. The number of benzene rings is 1. The van der Waals surface area contributed by atoms with Gasteiger partial charge in [0.1, 0.15) is 12.4 Å². The summed E-state index contributed by atoms with van der Waals surface area (Å²) in [7, 11) is 0. The fourth-order valence-electron chi connectivity index (χ4n) is 4.14. The maximum Gasteiger partial charge on any atom is 0.311 e. The van der Waals surface area contributed by atoms with E-state index in [0.29, 0.717) is 0 Å². The standard InChI is InChI=1S/C21H25NO4S/c1-4-10-26-20(25)16-15-18(24)13(19(15)27-21(16,2)3)11-14(23)17(22)12-8-6-5-7-9-12/h4-9,13,15-17,19H,1,10-11,22H2,2-3H3/t13-,15?,16+,17-,19-/m1/s1. The summed E-state index contributed by atoms with van der Waals surface area (Å²) in [6.45, 7) is 7.59. The molecule has 6 heteroatoms. The number of Topliss-reactive ketones (excluding diaryl/α,β-unsaturated/α-hetero) is 2. The first-order valence-electron chi connectivity index (χ1n) is 9.10. The molecule has 0 amide bonds. The Balaban J connectivity index is 1.69. The highest BCUT2D eigenvalue weighted by Gasteiger charge is 2.65. The minimum absolute atomic E-state index is 0.0211. The number of thioether (sulfide) groups is 1. The van der Waals surface area contributed by atoms with Crippen LogP contribution in [0.25, 0.3) is 0 Å². The van der Waals surface area contributed by atoms with Gasteiger partial charge in [-0.05, 0) is 19.4 Å². The van der Waals surface area contributed by atoms with E-state index in [4.69, 9.17) is 10.5 Å². The Bertz CT molecular complexity index is 761. The minimum Gasteiger partial charge on any atom is -0.461 e. The predicted octanol–water partition coefficient (Wildman–Crippen LogP) is 2.70. The number of hydrogen-bond acceptors (Lipinski definition) is 6. The third-order valence-corrected chi connectivity index (χ3v) is 7.27. The maximum absolute atomic E-state index is 12.8. The van der Waals surface area contributed by atoms with Crippen molar-refractivity contribution in [2.24, 2.45) is 23.5 Å². The van der Waals surface area contributed by atoms with Gasteiger partial charge in [-0.15, -0.1) is 11.8 Å². The summed E-state index contributed by atoms with van der Waals surface area (Å²) >= 11 is 1.61. The summed E-state index contributed by atoms with van der Waals surface area (Å²) in [5.74, 6) is -1.78. The van der Waals surface area contributed by atoms with Crippen LogP contribution in [-0.4, -0.2) is 34.1 Å². The average molecular weight is 388 g/mol. The van der Waals surface area contributed by atoms with Gasteiger partial charge in [0.2, 0.25) is 0 Å². The summed E-state index contributed by atoms with van der Waals surface area (Å²) in [5, 5.41) is -0.0410. The van der Waals surface area contributed by atoms with Crippen molar-refractivity contribution in [2.75, 3.05) is 6.61 Å². The molecule has 0 bridgehead atoms. The van der Waals surface area contributed by atoms with Gasteiger partial charge in [0.15, 0.2) is 5.78 Å². The van der Waals surface area contributed by atoms with Crippen LogP contribution in [0.1, 0.15) is 31.9 Å². The summed E-state index contributed by atoms with van der Waals surface area (Å²) in [6.07, 6.45) is 1.63. The van der Waals surface area contributed by atoms with Crippen molar-refractivity contribution in [3.05, 3.63) is 48.6 Å². The first-order chi connectivity index (χ1) is 12.8. The number of nitrogens with two attached hydrogens (primary N) is 1. The Hall–Kier alpha value is -1.92. The smallest absolute Gasteiger partial charge is 0.311 e. The Morgan fingerprint density at radius 1 is 1.33 bits per heavy atom. The van der Waals surface area contributed by atoms with Crippen LogP contribution in [0, 0.1) is 17.8 Å². The molecular formula is C21H25NO4S. The fourth-order valence-corrected chi connectivity index (χ4v) is 6.06. The van der Waals surface area contributed by atoms with Gasteiger partial charge >= 0.3 is 5.97 Å². The van der Waals surface area contributed by atoms with E-state index in [9.17, 15) is 14.4 Å². The molecule has 1 aromatic rings. The molecule has 1 aliphatic heterocycles. The Kier molecular flexibility index (Phi) is 5.58. The zero-order valence-electron chi connectivity index (χ0n) is 15.6. The van der Waals surface area contributed by atoms with Gasteiger partial charge < -0.3 is 10.5 Å². The molecule has 0 spiro atoms. The lowest BCUT2D eigenvalue weighted by molar-refractivity contribution is -0.156. The molecule has 1 saturated heterocycles. The molecule has 27 heavy (non-hydrogen) atoms. The molecule has 1 heterocycles. The van der Waals surface area contributed by atoms with Gasteiger partial charge in [-0.2, -0.15) is 0 Å². The lowest BCUT2D eigenvalue weighted by atomic mass is 9.63. The molecule has 2 fully saturated rings. The number of fused-ring (bicyclic) bond motifs is 1. The van der Waals surface area contributed by atoms with Crippen LogP contribution in [-0.2, 0) is 19.1 Å². The molecule has 1 aliphatic carbocycles. The normalized spacial score (nSPS) is 29.4. The molecule has 3 rings (SSSR count). The van der Waals surface area contributed by atoms with E-state index in [1.807, 2.05) is 44.2 Å². The SMILES string of the molecule is C=CCOC(=O)[C@@H]1C2C(=O)[C@@H](CC(=O)[C@H](N)c3ccccc3)[C@H]2SC1(C)C. The van der Waals surface area contributed by atoms with Gasteiger partial charge in [0.05, 0.1) is 12.0 Å². The highest BCUT2D eigenvalue weighted by molar-refractivity contribution is 8.01. The third-order valence-electron chi connectivity index (χ3n) is 5.52. The van der Waals surface area contributed by atoms with E-state index in [-0.39, 0.29) is 47.6 Å². The van der Waals surface area contributed by atoms with E-state index >= 15 is 0 Å². The van der Waals surface area contributed by atoms with Crippen LogP contribution in [0.15, 0.2) is 43.0 Å². The molecule has 1 saturated carbocycles. The van der Waals surface area contributed by atoms with Crippen LogP contribution in [0.3, 0.4) is 0 Å². The topological polar surface area (TPSA) is 86.5 Å². The monoisotopic (exact) mass is 387 g/mol. The molecule has 1 aromatic carbocycles. The van der Waals surface area contributed by atoms with Gasteiger partial charge in [0.25, 0.3) is 0 Å². The first kappa shape index (κ1) is 19.8. The molecule has 0 radical (unpaired) electrons. The van der Waals surface area contributed by atoms with E-state index in [1.165, 1.54) is 6.08 Å². The number of rotatable bonds is 7. The van der Waals surface area contributed by atoms with Gasteiger partial charge in [0, 0.05) is 28.3 Å². The summed E-state index contributed by atoms with van der Waals surface area (Å²) in [4.78, 5) is 37.8. The Morgan fingerprint density at radius 3 is 2.63 bits per heavy atom. The number of ketones is 2. The van der Waals surface area contributed by atoms with Crippen LogP contribution < -0.4 is 5.73 Å². The lowest BCUT2D eigenvalue weighted by Gasteiger charge is -2.39. The Labute approximate surface area is 163 Å². The quantitative estimate of drug-likeness (QED) is 0.572. The van der Waals surface area contributed by atoms with Crippen molar-refractivity contribution in [2.45, 2.75) is 36.3 Å². The van der Waals surface area contributed by atoms with Gasteiger partial charge in [-0.1, -0.05) is 43.0 Å². The van der Waals surface area contributed by atoms with Crippen LogP contribution in [0.4, 0.5) is 0 Å². The van der Waals surface area contributed by atoms with Gasteiger partial charge in [-0.25, -0.2) is 0 Å². The molecular weight excluding hydrogens is 362 g/mol. The molecule has 0 aromatic heterocycles. The first-order valence-corrected chi connectivity index (χ1v) is 9.98. The van der Waals surface area contributed by atoms with Crippen molar-refractivity contribution < 1.29 is 19.1 Å². The second-order valence-electron chi connectivity index (χ2n) is 7.68. The number of carbonyl (C=O) groups is 3. The fraction of sp³-hybridized carbons (Fsp3) is 0.476. The summed E-state index contributed by atoms with van der Waals surface area (Å²) < 4.78 is 4.80. The van der Waals surface area contributed by atoms with Crippen molar-refractivity contribution in [3.8, 4) is 0 Å². The molecule has 144 valence electrons. The van der Waals surface area contributed by atoms with E-state index in [0.717, 1.165) is 5.56 Å². The number of hydrogen-bond donors (Lipinski definition) is 1. The number of carbonyl (C=O) groups excluding carboxylic acids is 3. The number of ether oxygens (including phenoxy) is 1. The van der Waals surface area contributed by atoms with Crippen LogP contribution >= 0.6 is 11.8 Å². The zero-order valence-corrected chi connectivity index (χ0v) is 16.4. The average Bonchev–Trinajstić information content (AvgIpc) is 2.92. The van der Waals surface area contributed by atoms with Crippen molar-refractivity contribution in [1.82, 2.24) is 0 Å². The molecule has 2 aliphatic rings. The lowest BCUT2D eigenvalue weighted by Crippen LogP contribution is -2.53. The Morgan fingerprint density at radius 2 is 2.00 bits per heavy atom.